The Bertz CT molecular complexity index is 302. The van der Waals surface area contributed by atoms with Crippen LogP contribution in [0.25, 0.3) is 0 Å². The van der Waals surface area contributed by atoms with Crippen LogP contribution in [-0.4, -0.2) is 10.6 Å². The lowest BCUT2D eigenvalue weighted by molar-refractivity contribution is -0.112. The van der Waals surface area contributed by atoms with Gasteiger partial charge in [0.2, 0.25) is 0 Å². The van der Waals surface area contributed by atoms with Crippen molar-refractivity contribution in [3.63, 3.8) is 0 Å². The van der Waals surface area contributed by atoms with Crippen molar-refractivity contribution >= 4 is 21.7 Å². The van der Waals surface area contributed by atoms with Gasteiger partial charge in [0.05, 0.1) is 0 Å². The molecule has 0 unspecified atom stereocenters. The zero-order valence-corrected chi connectivity index (χ0v) is 11.3. The van der Waals surface area contributed by atoms with Gasteiger partial charge >= 0.3 is 0 Å². The molecular formula is C13H19BrO. The molecule has 0 radical (unpaired) electrons. The summed E-state index contributed by atoms with van der Waals surface area (Å²) < 4.78 is 0. The SMILES string of the molecule is C=C1CC[C@H](Br)C(C)(C)[C@@H]1/C=C/C(C)=O. The zero-order valence-electron chi connectivity index (χ0n) is 9.72. The number of alkyl halides is 1. The highest BCUT2D eigenvalue weighted by Gasteiger charge is 2.39. The summed E-state index contributed by atoms with van der Waals surface area (Å²) in [7, 11) is 0. The summed E-state index contributed by atoms with van der Waals surface area (Å²) in [5.74, 6) is 0.412. The van der Waals surface area contributed by atoms with Gasteiger partial charge in [-0.05, 0) is 31.3 Å². The van der Waals surface area contributed by atoms with Gasteiger partial charge in [-0.15, -0.1) is 0 Å². The first-order chi connectivity index (χ1) is 6.85. The summed E-state index contributed by atoms with van der Waals surface area (Å²) in [5.41, 5.74) is 1.38. The summed E-state index contributed by atoms with van der Waals surface area (Å²) in [6, 6.07) is 0. The van der Waals surface area contributed by atoms with E-state index in [4.69, 9.17) is 0 Å². The molecule has 1 fully saturated rings. The third kappa shape index (κ3) is 2.81. The van der Waals surface area contributed by atoms with E-state index in [1.807, 2.05) is 6.08 Å². The molecule has 1 rings (SSSR count). The summed E-state index contributed by atoms with van der Waals surface area (Å²) in [4.78, 5) is 11.5. The molecule has 0 aromatic carbocycles. The molecule has 2 heteroatoms. The van der Waals surface area contributed by atoms with Crippen LogP contribution in [0.1, 0.15) is 33.6 Å². The number of halogens is 1. The first kappa shape index (κ1) is 12.7. The Balaban J connectivity index is 2.90. The molecule has 2 atom stereocenters. The van der Waals surface area contributed by atoms with E-state index < -0.39 is 0 Å². The van der Waals surface area contributed by atoms with Crippen LogP contribution in [0.15, 0.2) is 24.3 Å². The first-order valence-electron chi connectivity index (χ1n) is 5.36. The summed E-state index contributed by atoms with van der Waals surface area (Å²) in [6.07, 6.45) is 5.86. The number of rotatable bonds is 2. The van der Waals surface area contributed by atoms with Crippen LogP contribution >= 0.6 is 15.9 Å². The summed E-state index contributed by atoms with van der Waals surface area (Å²) >= 11 is 3.72. The van der Waals surface area contributed by atoms with Crippen molar-refractivity contribution in [3.8, 4) is 0 Å². The minimum Gasteiger partial charge on any atom is -0.295 e. The van der Waals surface area contributed by atoms with Crippen LogP contribution in [0.3, 0.4) is 0 Å². The van der Waals surface area contributed by atoms with Crippen molar-refractivity contribution in [1.29, 1.82) is 0 Å². The van der Waals surface area contributed by atoms with E-state index in [0.29, 0.717) is 10.7 Å². The second kappa shape index (κ2) is 4.65. The van der Waals surface area contributed by atoms with Gasteiger partial charge in [0.25, 0.3) is 0 Å². The normalized spacial score (nSPS) is 30.8. The van der Waals surface area contributed by atoms with Crippen LogP contribution in [-0.2, 0) is 4.79 Å². The van der Waals surface area contributed by atoms with Crippen molar-refractivity contribution in [2.75, 3.05) is 0 Å². The van der Waals surface area contributed by atoms with Crippen LogP contribution < -0.4 is 0 Å². The Morgan fingerprint density at radius 3 is 2.73 bits per heavy atom. The van der Waals surface area contributed by atoms with Gasteiger partial charge in [0.1, 0.15) is 0 Å². The monoisotopic (exact) mass is 270 g/mol. The van der Waals surface area contributed by atoms with E-state index in [1.54, 1.807) is 13.0 Å². The largest absolute Gasteiger partial charge is 0.295 e. The van der Waals surface area contributed by atoms with Gasteiger partial charge in [-0.1, -0.05) is 48.0 Å². The van der Waals surface area contributed by atoms with Gasteiger partial charge < -0.3 is 0 Å². The molecule has 0 spiro atoms. The maximum Gasteiger partial charge on any atom is 0.152 e. The van der Waals surface area contributed by atoms with E-state index in [1.165, 1.54) is 5.57 Å². The van der Waals surface area contributed by atoms with Crippen molar-refractivity contribution < 1.29 is 4.79 Å². The van der Waals surface area contributed by atoms with E-state index in [0.717, 1.165) is 12.8 Å². The van der Waals surface area contributed by atoms with Crippen molar-refractivity contribution in [2.24, 2.45) is 11.3 Å². The highest BCUT2D eigenvalue weighted by molar-refractivity contribution is 9.09. The van der Waals surface area contributed by atoms with Crippen LogP contribution in [0, 0.1) is 11.3 Å². The van der Waals surface area contributed by atoms with Crippen LogP contribution in [0.2, 0.25) is 0 Å². The average molecular weight is 271 g/mol. The third-order valence-electron chi connectivity index (χ3n) is 3.29. The summed E-state index contributed by atoms with van der Waals surface area (Å²) in [6.45, 7) is 10.2. The molecule has 0 amide bonds. The van der Waals surface area contributed by atoms with E-state index in [2.05, 4.69) is 36.4 Å². The molecule has 0 N–H and O–H groups in total. The topological polar surface area (TPSA) is 17.1 Å². The molecule has 15 heavy (non-hydrogen) atoms. The fraction of sp³-hybridized carbons (Fsp3) is 0.615. The smallest absolute Gasteiger partial charge is 0.152 e. The molecule has 0 heterocycles. The third-order valence-corrected chi connectivity index (χ3v) is 4.93. The average Bonchev–Trinajstić information content (AvgIpc) is 2.11. The van der Waals surface area contributed by atoms with Crippen LogP contribution in [0.5, 0.6) is 0 Å². The van der Waals surface area contributed by atoms with Gasteiger partial charge in [-0.25, -0.2) is 0 Å². The fourth-order valence-electron chi connectivity index (χ4n) is 2.18. The molecule has 0 saturated heterocycles. The number of hydrogen-bond donors (Lipinski definition) is 0. The van der Waals surface area contributed by atoms with Crippen molar-refractivity contribution in [2.45, 2.75) is 38.4 Å². The van der Waals surface area contributed by atoms with Gasteiger partial charge in [-0.2, -0.15) is 0 Å². The molecule has 1 saturated carbocycles. The standard InChI is InChI=1S/C13H19BrO/c1-9-5-8-12(14)13(3,4)11(9)7-6-10(2)15/h6-7,11-12H,1,5,8H2,2-4H3/b7-6+/t11-,12+/m1/s1. The quantitative estimate of drug-likeness (QED) is 0.423. The molecule has 0 bridgehead atoms. The second-order valence-corrected chi connectivity index (χ2v) is 6.04. The maximum absolute atomic E-state index is 11.0. The van der Waals surface area contributed by atoms with Gasteiger partial charge in [0.15, 0.2) is 5.78 Å². The molecule has 0 aromatic rings. The van der Waals surface area contributed by atoms with Gasteiger partial charge in [0, 0.05) is 10.7 Å². The number of hydrogen-bond acceptors (Lipinski definition) is 1. The summed E-state index contributed by atoms with van der Waals surface area (Å²) in [5, 5.41) is 0. The van der Waals surface area contributed by atoms with Crippen molar-refractivity contribution in [1.82, 2.24) is 0 Å². The van der Waals surface area contributed by atoms with E-state index >= 15 is 0 Å². The van der Waals surface area contributed by atoms with Crippen LogP contribution in [0.4, 0.5) is 0 Å². The van der Waals surface area contributed by atoms with Gasteiger partial charge in [-0.3, -0.25) is 4.79 Å². The Labute approximate surface area is 101 Å². The molecule has 1 aliphatic rings. The Hall–Kier alpha value is -0.370. The lowest BCUT2D eigenvalue weighted by Gasteiger charge is -2.42. The minimum atomic E-state index is 0.107. The van der Waals surface area contributed by atoms with Crippen molar-refractivity contribution in [3.05, 3.63) is 24.3 Å². The Morgan fingerprint density at radius 2 is 2.20 bits per heavy atom. The minimum absolute atomic E-state index is 0.107. The lowest BCUT2D eigenvalue weighted by Crippen LogP contribution is -2.37. The highest BCUT2D eigenvalue weighted by atomic mass is 79.9. The molecule has 1 aliphatic carbocycles. The number of carbonyl (C=O) groups excluding carboxylic acids is 1. The predicted molar refractivity (Wildman–Crippen MR) is 68.2 cm³/mol. The molecule has 0 aliphatic heterocycles. The lowest BCUT2D eigenvalue weighted by atomic mass is 9.66. The fourth-order valence-corrected chi connectivity index (χ4v) is 2.69. The van der Waals surface area contributed by atoms with E-state index in [9.17, 15) is 4.79 Å². The number of carbonyl (C=O) groups is 1. The molecule has 1 nitrogen and oxygen atoms in total. The molecule has 0 aromatic heterocycles. The molecular weight excluding hydrogens is 252 g/mol. The Morgan fingerprint density at radius 1 is 1.60 bits per heavy atom. The first-order valence-corrected chi connectivity index (χ1v) is 6.27. The molecule has 84 valence electrons. The second-order valence-electron chi connectivity index (χ2n) is 4.93. The number of allylic oxidation sites excluding steroid dienone is 3. The Kier molecular flexibility index (Phi) is 3.93. The van der Waals surface area contributed by atoms with E-state index in [-0.39, 0.29) is 11.2 Å². The maximum atomic E-state index is 11.0. The highest BCUT2D eigenvalue weighted by Crippen LogP contribution is 2.47. The number of ketones is 1. The zero-order chi connectivity index (χ0) is 11.6. The predicted octanol–water partition coefficient (Wildman–Crippen LogP) is 3.89.